The zero-order valence-corrected chi connectivity index (χ0v) is 13.3. The first-order chi connectivity index (χ1) is 8.47. The molecule has 0 saturated heterocycles. The Morgan fingerprint density at radius 1 is 1.50 bits per heavy atom. The van der Waals surface area contributed by atoms with Crippen LogP contribution in [0.1, 0.15) is 16.1 Å². The van der Waals surface area contributed by atoms with E-state index in [2.05, 4.69) is 20.9 Å². The lowest BCUT2D eigenvalue weighted by Crippen LogP contribution is -2.26. The summed E-state index contributed by atoms with van der Waals surface area (Å²) in [5.74, 6) is -0.147. The molecule has 0 aliphatic carbocycles. The van der Waals surface area contributed by atoms with Crippen molar-refractivity contribution in [3.63, 3.8) is 0 Å². The van der Waals surface area contributed by atoms with Gasteiger partial charge < -0.3 is 9.88 Å². The zero-order chi connectivity index (χ0) is 13.3. The topological polar surface area (TPSA) is 36.1 Å². The lowest BCUT2D eigenvalue weighted by atomic mass is 10.3. The number of carbonyl (C=O) groups is 1. The Morgan fingerprint density at radius 2 is 2.22 bits per heavy atom. The molecular weight excluding hydrogens is 359 g/mol. The number of aromatic amines is 1. The second-order valence-electron chi connectivity index (χ2n) is 3.77. The quantitative estimate of drug-likeness (QED) is 0.856. The average Bonchev–Trinajstić information content (AvgIpc) is 2.85. The maximum absolute atomic E-state index is 12.1. The van der Waals surface area contributed by atoms with Crippen molar-refractivity contribution in [1.82, 2.24) is 9.88 Å². The number of aromatic nitrogens is 1. The van der Waals surface area contributed by atoms with Crippen LogP contribution in [-0.4, -0.2) is 22.8 Å². The summed E-state index contributed by atoms with van der Waals surface area (Å²) in [6.07, 6.45) is 0. The van der Waals surface area contributed by atoms with E-state index in [9.17, 15) is 4.79 Å². The van der Waals surface area contributed by atoms with Crippen LogP contribution in [0.3, 0.4) is 0 Å². The van der Waals surface area contributed by atoms with Crippen LogP contribution in [-0.2, 0) is 6.54 Å². The van der Waals surface area contributed by atoms with Crippen LogP contribution in [0.4, 0.5) is 0 Å². The molecule has 0 bridgehead atoms. The predicted octanol–water partition coefficient (Wildman–Crippen LogP) is 4.42. The summed E-state index contributed by atoms with van der Waals surface area (Å²) in [7, 11) is 1.73. The smallest absolute Gasteiger partial charge is 0.270 e. The van der Waals surface area contributed by atoms with Crippen LogP contribution in [0, 0.1) is 0 Å². The van der Waals surface area contributed by atoms with Crippen molar-refractivity contribution < 1.29 is 4.79 Å². The number of rotatable bonds is 3. The van der Waals surface area contributed by atoms with Crippen molar-refractivity contribution in [1.29, 1.82) is 0 Å². The van der Waals surface area contributed by atoms with Crippen molar-refractivity contribution in [3.8, 4) is 0 Å². The van der Waals surface area contributed by atoms with Gasteiger partial charge in [0.15, 0.2) is 0 Å². The van der Waals surface area contributed by atoms with E-state index in [1.807, 2.05) is 11.4 Å². The molecule has 2 rings (SSSR count). The highest BCUT2D eigenvalue weighted by molar-refractivity contribution is 9.11. The molecule has 0 aliphatic rings. The van der Waals surface area contributed by atoms with Gasteiger partial charge in [-0.25, -0.2) is 0 Å². The average molecular weight is 368 g/mol. The molecular formula is C11H9BrCl2N2OS. The minimum Gasteiger partial charge on any atom is -0.340 e. The third-order valence-corrected chi connectivity index (χ3v) is 4.59. The van der Waals surface area contributed by atoms with E-state index in [1.165, 1.54) is 6.07 Å². The van der Waals surface area contributed by atoms with E-state index in [0.29, 0.717) is 17.3 Å². The van der Waals surface area contributed by atoms with E-state index in [0.717, 1.165) is 9.35 Å². The Hall–Kier alpha value is -0.490. The first kappa shape index (κ1) is 13.9. The first-order valence-electron chi connectivity index (χ1n) is 4.99. The molecule has 0 unspecified atom stereocenters. The van der Waals surface area contributed by atoms with Crippen molar-refractivity contribution in [2.24, 2.45) is 0 Å². The summed E-state index contributed by atoms with van der Waals surface area (Å²) in [6, 6.07) is 3.52. The fourth-order valence-corrected chi connectivity index (χ4v) is 3.01. The molecule has 18 heavy (non-hydrogen) atoms. The normalized spacial score (nSPS) is 10.7. The fourth-order valence-electron chi connectivity index (χ4n) is 1.50. The molecule has 2 aromatic rings. The molecule has 7 heteroatoms. The molecule has 0 fully saturated rings. The van der Waals surface area contributed by atoms with Crippen molar-refractivity contribution >= 4 is 56.4 Å². The number of nitrogens with one attached hydrogen (secondary N) is 1. The lowest BCUT2D eigenvalue weighted by molar-refractivity contribution is 0.0780. The number of amides is 1. The van der Waals surface area contributed by atoms with Crippen molar-refractivity contribution in [3.05, 3.63) is 42.7 Å². The van der Waals surface area contributed by atoms with Gasteiger partial charge in [-0.3, -0.25) is 4.79 Å². The van der Waals surface area contributed by atoms with Gasteiger partial charge >= 0.3 is 0 Å². The van der Waals surface area contributed by atoms with Crippen LogP contribution >= 0.6 is 50.5 Å². The van der Waals surface area contributed by atoms with Gasteiger partial charge in [-0.05, 0) is 39.0 Å². The molecule has 0 atom stereocenters. The van der Waals surface area contributed by atoms with E-state index < -0.39 is 0 Å². The van der Waals surface area contributed by atoms with E-state index >= 15 is 0 Å². The third-order valence-electron chi connectivity index (χ3n) is 2.34. The van der Waals surface area contributed by atoms with Crippen LogP contribution in [0.25, 0.3) is 0 Å². The van der Waals surface area contributed by atoms with Gasteiger partial charge in [-0.15, -0.1) is 11.3 Å². The molecule has 0 aliphatic heterocycles. The third kappa shape index (κ3) is 3.09. The Kier molecular flexibility index (Phi) is 4.37. The van der Waals surface area contributed by atoms with Crippen LogP contribution in [0.5, 0.6) is 0 Å². The fraction of sp³-hybridized carbons (Fsp3) is 0.182. The van der Waals surface area contributed by atoms with E-state index in [-0.39, 0.29) is 11.1 Å². The molecule has 2 heterocycles. The van der Waals surface area contributed by atoms with E-state index in [1.54, 1.807) is 23.3 Å². The lowest BCUT2D eigenvalue weighted by Gasteiger charge is -2.15. The standard InChI is InChI=1S/C11H9BrCl2N2OS/c1-16(4-6-2-9(12)18-5-6)11(17)8-3-7(13)10(14)15-8/h2-3,5,15H,4H2,1H3. The SMILES string of the molecule is CN(Cc1csc(Br)c1)C(=O)c1cc(Cl)c(Cl)[nH]1. The number of carbonyl (C=O) groups excluding carboxylic acids is 1. The monoisotopic (exact) mass is 366 g/mol. The molecule has 1 N–H and O–H groups in total. The van der Waals surface area contributed by atoms with E-state index in [4.69, 9.17) is 23.2 Å². The van der Waals surface area contributed by atoms with Gasteiger partial charge in [-0.2, -0.15) is 0 Å². The summed E-state index contributed by atoms with van der Waals surface area (Å²) in [4.78, 5) is 16.4. The molecule has 96 valence electrons. The number of nitrogens with zero attached hydrogens (tertiary/aromatic N) is 1. The van der Waals surface area contributed by atoms with Crippen LogP contribution in [0.2, 0.25) is 10.2 Å². The Morgan fingerprint density at radius 3 is 2.72 bits per heavy atom. The molecule has 0 saturated carbocycles. The highest BCUT2D eigenvalue weighted by Gasteiger charge is 2.16. The summed E-state index contributed by atoms with van der Waals surface area (Å²) < 4.78 is 1.05. The second-order valence-corrected chi connectivity index (χ2v) is 6.84. The minimum atomic E-state index is -0.147. The molecule has 2 aromatic heterocycles. The van der Waals surface area contributed by atoms with Gasteiger partial charge in [0, 0.05) is 13.6 Å². The number of hydrogen-bond acceptors (Lipinski definition) is 2. The Labute approximate surface area is 127 Å². The summed E-state index contributed by atoms with van der Waals surface area (Å²) in [5.41, 5.74) is 1.47. The number of hydrogen-bond donors (Lipinski definition) is 1. The second kappa shape index (κ2) is 5.65. The molecule has 0 spiro atoms. The van der Waals surface area contributed by atoms with Gasteiger partial charge in [0.25, 0.3) is 5.91 Å². The van der Waals surface area contributed by atoms with Gasteiger partial charge in [0.1, 0.15) is 10.8 Å². The predicted molar refractivity (Wildman–Crippen MR) is 78.6 cm³/mol. The largest absolute Gasteiger partial charge is 0.340 e. The summed E-state index contributed by atoms with van der Waals surface area (Å²) in [6.45, 7) is 0.537. The highest BCUT2D eigenvalue weighted by atomic mass is 79.9. The molecule has 0 aromatic carbocycles. The highest BCUT2D eigenvalue weighted by Crippen LogP contribution is 2.24. The maximum atomic E-state index is 12.1. The minimum absolute atomic E-state index is 0.147. The molecule has 1 amide bonds. The maximum Gasteiger partial charge on any atom is 0.270 e. The number of thiophene rings is 1. The summed E-state index contributed by atoms with van der Waals surface area (Å²) in [5, 5.41) is 2.64. The van der Waals surface area contributed by atoms with Crippen molar-refractivity contribution in [2.45, 2.75) is 6.54 Å². The van der Waals surface area contributed by atoms with Crippen molar-refractivity contribution in [2.75, 3.05) is 7.05 Å². The first-order valence-corrected chi connectivity index (χ1v) is 7.42. The summed E-state index contributed by atoms with van der Waals surface area (Å²) >= 11 is 16.6. The van der Waals surface area contributed by atoms with Crippen LogP contribution < -0.4 is 0 Å². The Bertz CT molecular complexity index is 562. The molecule has 0 radical (unpaired) electrons. The van der Waals surface area contributed by atoms with Gasteiger partial charge in [-0.1, -0.05) is 23.2 Å². The number of halogens is 3. The zero-order valence-electron chi connectivity index (χ0n) is 9.34. The van der Waals surface area contributed by atoms with Gasteiger partial charge in [0.2, 0.25) is 0 Å². The molecule has 3 nitrogen and oxygen atoms in total. The number of H-pyrrole nitrogens is 1. The van der Waals surface area contributed by atoms with Crippen LogP contribution in [0.15, 0.2) is 21.3 Å². The van der Waals surface area contributed by atoms with Gasteiger partial charge in [0.05, 0.1) is 8.81 Å². The Balaban J connectivity index is 2.09.